The summed E-state index contributed by atoms with van der Waals surface area (Å²) in [5.74, 6) is 1.11. The Morgan fingerprint density at radius 3 is 2.56 bits per heavy atom. The molecule has 0 aliphatic heterocycles. The number of nitrogens with one attached hydrogen (secondary N) is 1. The normalized spacial score (nSPS) is 10.8. The molecule has 1 N–H and O–H groups in total. The van der Waals surface area contributed by atoms with E-state index in [0.29, 0.717) is 17.9 Å². The lowest BCUT2D eigenvalue weighted by Crippen LogP contribution is -2.06. The Hall–Kier alpha value is -2.95. The van der Waals surface area contributed by atoms with E-state index in [0.717, 1.165) is 29.5 Å². The van der Waals surface area contributed by atoms with E-state index in [1.54, 1.807) is 14.2 Å². The molecule has 0 fully saturated rings. The van der Waals surface area contributed by atoms with Crippen LogP contribution < -0.4 is 9.47 Å². The predicted octanol–water partition coefficient (Wildman–Crippen LogP) is 4.56. The molecule has 27 heavy (non-hydrogen) atoms. The first-order valence-corrected chi connectivity index (χ1v) is 9.04. The SMILES string of the molecule is COc1cc(C)c(COC(=O)CCCc2c[nH]c3ccccc23)cc1OC. The average molecular weight is 367 g/mol. The summed E-state index contributed by atoms with van der Waals surface area (Å²) in [6, 6.07) is 11.9. The number of aromatic nitrogens is 1. The van der Waals surface area contributed by atoms with Crippen molar-refractivity contribution >= 4 is 16.9 Å². The van der Waals surface area contributed by atoms with Crippen molar-refractivity contribution in [1.29, 1.82) is 0 Å². The second kappa shape index (κ2) is 8.62. The van der Waals surface area contributed by atoms with Gasteiger partial charge >= 0.3 is 5.97 Å². The summed E-state index contributed by atoms with van der Waals surface area (Å²) in [6.45, 7) is 2.19. The van der Waals surface area contributed by atoms with E-state index in [4.69, 9.17) is 14.2 Å². The molecule has 0 unspecified atom stereocenters. The molecule has 3 rings (SSSR count). The van der Waals surface area contributed by atoms with Gasteiger partial charge in [-0.05, 0) is 54.7 Å². The Labute approximate surface area is 159 Å². The van der Waals surface area contributed by atoms with Gasteiger partial charge in [0, 0.05) is 23.5 Å². The zero-order chi connectivity index (χ0) is 19.2. The highest BCUT2D eigenvalue weighted by Crippen LogP contribution is 2.30. The molecule has 1 heterocycles. The van der Waals surface area contributed by atoms with E-state index < -0.39 is 0 Å². The molecular formula is C22H25NO4. The average Bonchev–Trinajstić information content (AvgIpc) is 3.10. The lowest BCUT2D eigenvalue weighted by molar-refractivity contribution is -0.145. The maximum Gasteiger partial charge on any atom is 0.306 e. The van der Waals surface area contributed by atoms with Gasteiger partial charge in [0.2, 0.25) is 0 Å². The maximum atomic E-state index is 12.1. The molecule has 0 atom stereocenters. The third-order valence-corrected chi connectivity index (χ3v) is 4.73. The molecule has 0 saturated carbocycles. The lowest BCUT2D eigenvalue weighted by atomic mass is 10.1. The van der Waals surface area contributed by atoms with Crippen molar-refractivity contribution < 1.29 is 19.0 Å². The standard InChI is InChI=1S/C22H25NO4/c1-15-11-20(25-2)21(26-3)12-17(15)14-27-22(24)10-6-7-16-13-23-19-9-5-4-8-18(16)19/h4-5,8-9,11-13,23H,6-7,10,14H2,1-3H3. The number of aromatic amines is 1. The monoisotopic (exact) mass is 367 g/mol. The van der Waals surface area contributed by atoms with Crippen LogP contribution in [-0.2, 0) is 22.6 Å². The van der Waals surface area contributed by atoms with Gasteiger partial charge in [0.25, 0.3) is 0 Å². The summed E-state index contributed by atoms with van der Waals surface area (Å²) in [5, 5.41) is 1.21. The first-order chi connectivity index (χ1) is 13.1. The molecule has 1 aromatic heterocycles. The van der Waals surface area contributed by atoms with Crippen molar-refractivity contribution in [3.8, 4) is 11.5 Å². The fourth-order valence-corrected chi connectivity index (χ4v) is 3.17. The topological polar surface area (TPSA) is 60.5 Å². The van der Waals surface area contributed by atoms with Gasteiger partial charge in [-0.1, -0.05) is 18.2 Å². The molecule has 0 aliphatic carbocycles. The van der Waals surface area contributed by atoms with Gasteiger partial charge in [-0.3, -0.25) is 4.79 Å². The fraction of sp³-hybridized carbons (Fsp3) is 0.318. The van der Waals surface area contributed by atoms with Gasteiger partial charge in [-0.15, -0.1) is 0 Å². The minimum absolute atomic E-state index is 0.191. The van der Waals surface area contributed by atoms with Gasteiger partial charge in [0.15, 0.2) is 11.5 Å². The molecule has 0 saturated heterocycles. The number of H-pyrrole nitrogens is 1. The van der Waals surface area contributed by atoms with E-state index >= 15 is 0 Å². The van der Waals surface area contributed by atoms with Crippen LogP contribution in [0, 0.1) is 6.92 Å². The quantitative estimate of drug-likeness (QED) is 0.593. The van der Waals surface area contributed by atoms with Crippen molar-refractivity contribution in [2.45, 2.75) is 32.8 Å². The molecule has 0 aliphatic rings. The summed E-state index contributed by atoms with van der Waals surface area (Å²) in [5.41, 5.74) is 4.27. The highest BCUT2D eigenvalue weighted by atomic mass is 16.5. The molecule has 3 aromatic rings. The molecule has 142 valence electrons. The molecule has 2 aromatic carbocycles. The van der Waals surface area contributed by atoms with Crippen LogP contribution in [0.5, 0.6) is 11.5 Å². The molecular weight excluding hydrogens is 342 g/mol. The fourth-order valence-electron chi connectivity index (χ4n) is 3.17. The molecule has 0 bridgehead atoms. The Morgan fingerprint density at radius 2 is 1.78 bits per heavy atom. The molecule has 5 nitrogen and oxygen atoms in total. The number of esters is 1. The van der Waals surface area contributed by atoms with Gasteiger partial charge in [-0.2, -0.15) is 0 Å². The van der Waals surface area contributed by atoms with Gasteiger partial charge in [0.05, 0.1) is 14.2 Å². The third kappa shape index (κ3) is 4.42. The van der Waals surface area contributed by atoms with Crippen molar-refractivity contribution in [3.05, 3.63) is 59.3 Å². The Bertz CT molecular complexity index is 929. The van der Waals surface area contributed by atoms with Gasteiger partial charge in [0.1, 0.15) is 6.61 Å². The smallest absolute Gasteiger partial charge is 0.306 e. The van der Waals surface area contributed by atoms with Crippen LogP contribution in [0.1, 0.15) is 29.5 Å². The number of aryl methyl sites for hydroxylation is 2. The molecule has 5 heteroatoms. The first kappa shape index (κ1) is 18.8. The number of ether oxygens (including phenoxy) is 3. The maximum absolute atomic E-state index is 12.1. The number of para-hydroxylation sites is 1. The second-order valence-corrected chi connectivity index (χ2v) is 6.51. The molecule has 0 radical (unpaired) electrons. The van der Waals surface area contributed by atoms with Crippen LogP contribution >= 0.6 is 0 Å². The van der Waals surface area contributed by atoms with Crippen LogP contribution in [0.3, 0.4) is 0 Å². The van der Waals surface area contributed by atoms with Crippen molar-refractivity contribution in [2.75, 3.05) is 14.2 Å². The number of carbonyl (C=O) groups is 1. The highest BCUT2D eigenvalue weighted by Gasteiger charge is 2.11. The first-order valence-electron chi connectivity index (χ1n) is 9.04. The lowest BCUT2D eigenvalue weighted by Gasteiger charge is -2.13. The van der Waals surface area contributed by atoms with E-state index in [2.05, 4.69) is 17.1 Å². The summed E-state index contributed by atoms with van der Waals surface area (Å²) in [6.07, 6.45) is 4.01. The van der Waals surface area contributed by atoms with Crippen LogP contribution in [0.25, 0.3) is 10.9 Å². The minimum atomic E-state index is -0.191. The number of carbonyl (C=O) groups excluding carboxylic acids is 1. The van der Waals surface area contributed by atoms with Gasteiger partial charge in [-0.25, -0.2) is 0 Å². The predicted molar refractivity (Wildman–Crippen MR) is 105 cm³/mol. The number of fused-ring (bicyclic) bond motifs is 1. The minimum Gasteiger partial charge on any atom is -0.493 e. The third-order valence-electron chi connectivity index (χ3n) is 4.73. The molecule has 0 spiro atoms. The molecule has 0 amide bonds. The van der Waals surface area contributed by atoms with Crippen LogP contribution in [0.4, 0.5) is 0 Å². The van der Waals surface area contributed by atoms with E-state index in [1.165, 1.54) is 10.9 Å². The van der Waals surface area contributed by atoms with Crippen molar-refractivity contribution in [2.24, 2.45) is 0 Å². The van der Waals surface area contributed by atoms with Crippen LogP contribution in [0.2, 0.25) is 0 Å². The van der Waals surface area contributed by atoms with Crippen molar-refractivity contribution in [3.63, 3.8) is 0 Å². The Kier molecular flexibility index (Phi) is 6.01. The van der Waals surface area contributed by atoms with Gasteiger partial charge < -0.3 is 19.2 Å². The highest BCUT2D eigenvalue weighted by molar-refractivity contribution is 5.83. The number of rotatable bonds is 8. The van der Waals surface area contributed by atoms with Crippen molar-refractivity contribution in [1.82, 2.24) is 4.98 Å². The van der Waals surface area contributed by atoms with E-state index in [-0.39, 0.29) is 12.6 Å². The largest absolute Gasteiger partial charge is 0.493 e. The second-order valence-electron chi connectivity index (χ2n) is 6.51. The summed E-state index contributed by atoms with van der Waals surface area (Å²) < 4.78 is 16.0. The zero-order valence-electron chi connectivity index (χ0n) is 16.0. The number of hydrogen-bond donors (Lipinski definition) is 1. The number of hydrogen-bond acceptors (Lipinski definition) is 4. The van der Waals surface area contributed by atoms with Crippen LogP contribution in [0.15, 0.2) is 42.6 Å². The van der Waals surface area contributed by atoms with E-state index in [9.17, 15) is 4.79 Å². The Balaban J connectivity index is 1.51. The summed E-state index contributed by atoms with van der Waals surface area (Å²) in [4.78, 5) is 15.4. The summed E-state index contributed by atoms with van der Waals surface area (Å²) in [7, 11) is 3.19. The van der Waals surface area contributed by atoms with Crippen LogP contribution in [-0.4, -0.2) is 25.2 Å². The van der Waals surface area contributed by atoms with E-state index in [1.807, 2.05) is 37.4 Å². The zero-order valence-corrected chi connectivity index (χ0v) is 16.0. The summed E-state index contributed by atoms with van der Waals surface area (Å²) >= 11 is 0. The number of methoxy groups -OCH3 is 2. The number of benzene rings is 2. The Morgan fingerprint density at radius 1 is 1.04 bits per heavy atom.